The molecule has 0 bridgehead atoms. The molecule has 1 saturated carbocycles. The van der Waals surface area contributed by atoms with Crippen LogP contribution in [0.5, 0.6) is 0 Å². The molecule has 2 rings (SSSR count). The van der Waals surface area contributed by atoms with Gasteiger partial charge in [0.05, 0.1) is 0 Å². The van der Waals surface area contributed by atoms with Crippen LogP contribution in [-0.4, -0.2) is 19.1 Å². The molecular weight excluding hydrogens is 160 g/mol. The second-order valence-corrected chi connectivity index (χ2v) is 4.48. The standard InChI is InChI=1S/C11H20N2/c12-11-4-3-10(7-11)8-13-6-5-9-1-2-9/h3-4,9-11,13H,1-2,5-8,12H2. The predicted octanol–water partition coefficient (Wildman–Crippen LogP) is 1.28. The summed E-state index contributed by atoms with van der Waals surface area (Å²) in [6.07, 6.45) is 9.84. The van der Waals surface area contributed by atoms with E-state index in [0.29, 0.717) is 12.0 Å². The number of nitrogens with one attached hydrogen (secondary N) is 1. The van der Waals surface area contributed by atoms with Crippen molar-refractivity contribution < 1.29 is 0 Å². The molecule has 0 saturated heterocycles. The van der Waals surface area contributed by atoms with Gasteiger partial charge in [-0.25, -0.2) is 0 Å². The first kappa shape index (κ1) is 9.22. The lowest BCUT2D eigenvalue weighted by molar-refractivity contribution is 0.513. The molecule has 0 aromatic rings. The Bertz CT molecular complexity index is 185. The molecule has 2 atom stereocenters. The molecule has 74 valence electrons. The molecule has 0 radical (unpaired) electrons. The van der Waals surface area contributed by atoms with Crippen LogP contribution in [-0.2, 0) is 0 Å². The van der Waals surface area contributed by atoms with E-state index in [9.17, 15) is 0 Å². The molecule has 0 aromatic carbocycles. The van der Waals surface area contributed by atoms with Crippen LogP contribution in [0.1, 0.15) is 25.7 Å². The Morgan fingerprint density at radius 2 is 2.15 bits per heavy atom. The molecule has 2 heteroatoms. The number of hydrogen-bond donors (Lipinski definition) is 2. The van der Waals surface area contributed by atoms with E-state index < -0.39 is 0 Å². The van der Waals surface area contributed by atoms with Gasteiger partial charge in [0, 0.05) is 12.6 Å². The normalized spacial score (nSPS) is 32.7. The van der Waals surface area contributed by atoms with Crippen molar-refractivity contribution in [3.63, 3.8) is 0 Å². The fourth-order valence-electron chi connectivity index (χ4n) is 1.96. The van der Waals surface area contributed by atoms with Crippen molar-refractivity contribution in [2.24, 2.45) is 17.6 Å². The Balaban J connectivity index is 1.50. The van der Waals surface area contributed by atoms with E-state index in [1.165, 1.54) is 25.8 Å². The highest BCUT2D eigenvalue weighted by molar-refractivity contribution is 5.05. The SMILES string of the molecule is NC1C=CC(CNCCC2CC2)C1. The van der Waals surface area contributed by atoms with Gasteiger partial charge in [0.2, 0.25) is 0 Å². The maximum atomic E-state index is 5.77. The first-order valence-electron chi connectivity index (χ1n) is 5.49. The van der Waals surface area contributed by atoms with Crippen LogP contribution < -0.4 is 11.1 Å². The van der Waals surface area contributed by atoms with Gasteiger partial charge in [-0.05, 0) is 31.2 Å². The van der Waals surface area contributed by atoms with Gasteiger partial charge < -0.3 is 11.1 Å². The van der Waals surface area contributed by atoms with Crippen molar-refractivity contribution in [2.45, 2.75) is 31.7 Å². The topological polar surface area (TPSA) is 38.0 Å². The fourth-order valence-corrected chi connectivity index (χ4v) is 1.96. The molecule has 0 aromatic heterocycles. The second-order valence-electron chi connectivity index (χ2n) is 4.48. The quantitative estimate of drug-likeness (QED) is 0.494. The van der Waals surface area contributed by atoms with Gasteiger partial charge in [-0.1, -0.05) is 25.0 Å². The van der Waals surface area contributed by atoms with Crippen molar-refractivity contribution in [1.82, 2.24) is 5.32 Å². The number of hydrogen-bond acceptors (Lipinski definition) is 2. The highest BCUT2D eigenvalue weighted by Gasteiger charge is 2.20. The Hall–Kier alpha value is -0.340. The zero-order valence-electron chi connectivity index (χ0n) is 8.21. The highest BCUT2D eigenvalue weighted by Crippen LogP contribution is 2.31. The number of rotatable bonds is 5. The van der Waals surface area contributed by atoms with Crippen molar-refractivity contribution in [3.8, 4) is 0 Å². The summed E-state index contributed by atoms with van der Waals surface area (Å²) < 4.78 is 0. The molecular formula is C11H20N2. The minimum Gasteiger partial charge on any atom is -0.324 e. The maximum Gasteiger partial charge on any atom is 0.0229 e. The summed E-state index contributed by atoms with van der Waals surface area (Å²) in [7, 11) is 0. The third-order valence-electron chi connectivity index (χ3n) is 3.04. The van der Waals surface area contributed by atoms with Crippen molar-refractivity contribution in [3.05, 3.63) is 12.2 Å². The van der Waals surface area contributed by atoms with Gasteiger partial charge >= 0.3 is 0 Å². The van der Waals surface area contributed by atoms with E-state index in [0.717, 1.165) is 18.9 Å². The summed E-state index contributed by atoms with van der Waals surface area (Å²) in [6, 6.07) is 0.315. The largest absolute Gasteiger partial charge is 0.324 e. The van der Waals surface area contributed by atoms with Crippen molar-refractivity contribution >= 4 is 0 Å². The van der Waals surface area contributed by atoms with Gasteiger partial charge in [0.25, 0.3) is 0 Å². The van der Waals surface area contributed by atoms with Crippen molar-refractivity contribution in [2.75, 3.05) is 13.1 Å². The molecule has 3 N–H and O–H groups in total. The zero-order chi connectivity index (χ0) is 9.10. The lowest BCUT2D eigenvalue weighted by atomic mass is 10.1. The summed E-state index contributed by atoms with van der Waals surface area (Å²) in [5.41, 5.74) is 5.77. The van der Waals surface area contributed by atoms with Crippen molar-refractivity contribution in [1.29, 1.82) is 0 Å². The van der Waals surface area contributed by atoms with Crippen LogP contribution in [0.3, 0.4) is 0 Å². The number of nitrogens with two attached hydrogens (primary N) is 1. The first-order valence-corrected chi connectivity index (χ1v) is 5.49. The van der Waals surface area contributed by atoms with Crippen LogP contribution in [0.4, 0.5) is 0 Å². The van der Waals surface area contributed by atoms with E-state index in [1.807, 2.05) is 0 Å². The Kier molecular flexibility index (Phi) is 3.01. The Morgan fingerprint density at radius 3 is 2.77 bits per heavy atom. The lowest BCUT2D eigenvalue weighted by Crippen LogP contribution is -2.24. The van der Waals surface area contributed by atoms with Gasteiger partial charge in [0.1, 0.15) is 0 Å². The van der Waals surface area contributed by atoms with Gasteiger partial charge in [-0.2, -0.15) is 0 Å². The summed E-state index contributed by atoms with van der Waals surface area (Å²) in [5.74, 6) is 1.74. The van der Waals surface area contributed by atoms with Crippen LogP contribution in [0.15, 0.2) is 12.2 Å². The van der Waals surface area contributed by atoms with E-state index in [-0.39, 0.29) is 0 Å². The maximum absolute atomic E-state index is 5.77. The average molecular weight is 180 g/mol. The van der Waals surface area contributed by atoms with Gasteiger partial charge in [0.15, 0.2) is 0 Å². The molecule has 0 heterocycles. The van der Waals surface area contributed by atoms with Crippen LogP contribution >= 0.6 is 0 Å². The zero-order valence-corrected chi connectivity index (χ0v) is 8.21. The minimum atomic E-state index is 0.315. The molecule has 0 aliphatic heterocycles. The Labute approximate surface area is 80.6 Å². The smallest absolute Gasteiger partial charge is 0.0229 e. The molecule has 0 spiro atoms. The summed E-state index contributed by atoms with van der Waals surface area (Å²) >= 11 is 0. The first-order chi connectivity index (χ1) is 6.34. The molecule has 2 unspecified atom stereocenters. The third-order valence-corrected chi connectivity index (χ3v) is 3.04. The fraction of sp³-hybridized carbons (Fsp3) is 0.818. The molecule has 2 aliphatic carbocycles. The Morgan fingerprint density at radius 1 is 1.31 bits per heavy atom. The summed E-state index contributed by atoms with van der Waals surface area (Å²) in [6.45, 7) is 2.32. The van der Waals surface area contributed by atoms with Crippen LogP contribution in [0, 0.1) is 11.8 Å². The van der Waals surface area contributed by atoms with Crippen LogP contribution in [0.2, 0.25) is 0 Å². The second kappa shape index (κ2) is 4.25. The van der Waals surface area contributed by atoms with Gasteiger partial charge in [-0.3, -0.25) is 0 Å². The van der Waals surface area contributed by atoms with E-state index in [2.05, 4.69) is 17.5 Å². The molecule has 0 amide bonds. The highest BCUT2D eigenvalue weighted by atomic mass is 14.9. The van der Waals surface area contributed by atoms with Gasteiger partial charge in [-0.15, -0.1) is 0 Å². The third kappa shape index (κ3) is 3.12. The summed E-state index contributed by atoms with van der Waals surface area (Å²) in [5, 5.41) is 3.51. The van der Waals surface area contributed by atoms with Crippen LogP contribution in [0.25, 0.3) is 0 Å². The average Bonchev–Trinajstić information content (AvgIpc) is 2.84. The molecule has 1 fully saturated rings. The summed E-state index contributed by atoms with van der Waals surface area (Å²) in [4.78, 5) is 0. The molecule has 13 heavy (non-hydrogen) atoms. The van der Waals surface area contributed by atoms with E-state index in [4.69, 9.17) is 5.73 Å². The monoisotopic (exact) mass is 180 g/mol. The molecule has 2 aliphatic rings. The lowest BCUT2D eigenvalue weighted by Gasteiger charge is -2.10. The van der Waals surface area contributed by atoms with E-state index >= 15 is 0 Å². The minimum absolute atomic E-state index is 0.315. The van der Waals surface area contributed by atoms with E-state index in [1.54, 1.807) is 0 Å². The predicted molar refractivity (Wildman–Crippen MR) is 55.4 cm³/mol. The molecule has 2 nitrogen and oxygen atoms in total.